The molecule has 0 rings (SSSR count). The standard InChI is InChI=1S/C6H12O2P2/c1-3-5-8-9-10(7)6-4-2/h3-4,9-10H,1-2,5-6H2. The lowest BCUT2D eigenvalue weighted by molar-refractivity contribution is 0.423. The zero-order valence-electron chi connectivity index (χ0n) is 5.80. The zero-order valence-corrected chi connectivity index (χ0v) is 7.80. The molecule has 0 amide bonds. The summed E-state index contributed by atoms with van der Waals surface area (Å²) in [6.07, 6.45) is 3.89. The second-order valence-electron chi connectivity index (χ2n) is 1.62. The van der Waals surface area contributed by atoms with Crippen LogP contribution >= 0.6 is 16.0 Å². The fraction of sp³-hybridized carbons (Fsp3) is 0.333. The Bertz CT molecular complexity index is 134. The smallest absolute Gasteiger partial charge is 0.123 e. The van der Waals surface area contributed by atoms with Gasteiger partial charge in [0.2, 0.25) is 0 Å². The Morgan fingerprint density at radius 1 is 1.50 bits per heavy atom. The summed E-state index contributed by atoms with van der Waals surface area (Å²) in [6, 6.07) is 0. The van der Waals surface area contributed by atoms with E-state index < -0.39 is 7.49 Å². The fourth-order valence-electron chi connectivity index (χ4n) is 0.354. The molecule has 4 heteroatoms. The molecule has 0 saturated heterocycles. The molecule has 0 aliphatic carbocycles. The van der Waals surface area contributed by atoms with Crippen molar-refractivity contribution in [2.45, 2.75) is 0 Å². The van der Waals surface area contributed by atoms with E-state index in [0.717, 1.165) is 0 Å². The van der Waals surface area contributed by atoms with Gasteiger partial charge in [0, 0.05) is 6.16 Å². The van der Waals surface area contributed by atoms with Gasteiger partial charge in [0.25, 0.3) is 0 Å². The van der Waals surface area contributed by atoms with Crippen molar-refractivity contribution in [3.8, 4) is 0 Å². The van der Waals surface area contributed by atoms with E-state index in [2.05, 4.69) is 13.2 Å². The lowest BCUT2D eigenvalue weighted by atomic mass is 10.7. The van der Waals surface area contributed by atoms with Gasteiger partial charge in [0.15, 0.2) is 0 Å². The van der Waals surface area contributed by atoms with Crippen molar-refractivity contribution in [1.82, 2.24) is 0 Å². The maximum Gasteiger partial charge on any atom is 0.123 e. The quantitative estimate of drug-likeness (QED) is 0.354. The molecule has 0 fully saturated rings. The maximum absolute atomic E-state index is 10.9. The Morgan fingerprint density at radius 3 is 2.70 bits per heavy atom. The highest BCUT2D eigenvalue weighted by Gasteiger charge is 1.93. The molecule has 58 valence electrons. The zero-order chi connectivity index (χ0) is 7.82. The highest BCUT2D eigenvalue weighted by atomic mass is 32.0. The van der Waals surface area contributed by atoms with Crippen molar-refractivity contribution in [3.05, 3.63) is 25.3 Å². The monoisotopic (exact) mass is 178 g/mol. The van der Waals surface area contributed by atoms with Gasteiger partial charge in [0.05, 0.1) is 15.1 Å². The highest BCUT2D eigenvalue weighted by Crippen LogP contribution is 2.44. The van der Waals surface area contributed by atoms with Gasteiger partial charge in [-0.25, -0.2) is 0 Å². The fourth-order valence-corrected chi connectivity index (χ4v) is 2.48. The number of hydrogen-bond donors (Lipinski definition) is 0. The number of rotatable bonds is 6. The van der Waals surface area contributed by atoms with Crippen LogP contribution < -0.4 is 0 Å². The van der Waals surface area contributed by atoms with E-state index in [1.807, 2.05) is 0 Å². The molecule has 2 atom stereocenters. The van der Waals surface area contributed by atoms with Crippen LogP contribution in [0.4, 0.5) is 0 Å². The second-order valence-corrected chi connectivity index (χ2v) is 5.65. The molecule has 0 aromatic carbocycles. The van der Waals surface area contributed by atoms with Gasteiger partial charge in [-0.15, -0.1) is 13.2 Å². The molecule has 0 aromatic rings. The molecule has 0 bridgehead atoms. The minimum absolute atomic E-state index is 0.123. The largest absolute Gasteiger partial charge is 0.351 e. The van der Waals surface area contributed by atoms with Crippen LogP contribution in [0.15, 0.2) is 25.3 Å². The van der Waals surface area contributed by atoms with Gasteiger partial charge in [-0.2, -0.15) is 0 Å². The molecular formula is C6H12O2P2. The third kappa shape index (κ3) is 6.22. The number of hydrogen-bond acceptors (Lipinski definition) is 2. The van der Waals surface area contributed by atoms with Gasteiger partial charge < -0.3 is 9.09 Å². The van der Waals surface area contributed by atoms with Crippen LogP contribution in [0.1, 0.15) is 0 Å². The minimum atomic E-state index is -1.52. The van der Waals surface area contributed by atoms with Crippen LogP contribution in [0.5, 0.6) is 0 Å². The van der Waals surface area contributed by atoms with Crippen LogP contribution in [0, 0.1) is 0 Å². The Morgan fingerprint density at radius 2 is 2.20 bits per heavy atom. The summed E-state index contributed by atoms with van der Waals surface area (Å²) in [5, 5.41) is 0. The van der Waals surface area contributed by atoms with Crippen LogP contribution in [0.3, 0.4) is 0 Å². The Balaban J connectivity index is 3.20. The third-order valence-corrected chi connectivity index (χ3v) is 3.64. The van der Waals surface area contributed by atoms with Crippen LogP contribution in [0.2, 0.25) is 0 Å². The average molecular weight is 178 g/mol. The lowest BCUT2D eigenvalue weighted by Crippen LogP contribution is -1.73. The van der Waals surface area contributed by atoms with E-state index in [1.54, 1.807) is 12.2 Å². The van der Waals surface area contributed by atoms with E-state index in [0.29, 0.717) is 12.8 Å². The summed E-state index contributed by atoms with van der Waals surface area (Å²) >= 11 is 0. The van der Waals surface area contributed by atoms with Crippen molar-refractivity contribution in [3.63, 3.8) is 0 Å². The van der Waals surface area contributed by atoms with Crippen molar-refractivity contribution in [2.24, 2.45) is 0 Å². The first kappa shape index (κ1) is 10.1. The van der Waals surface area contributed by atoms with Crippen LogP contribution in [0.25, 0.3) is 0 Å². The molecular weight excluding hydrogens is 166 g/mol. The van der Waals surface area contributed by atoms with Crippen molar-refractivity contribution in [1.29, 1.82) is 0 Å². The van der Waals surface area contributed by atoms with Gasteiger partial charge >= 0.3 is 0 Å². The highest BCUT2D eigenvalue weighted by molar-refractivity contribution is 8.13. The Kier molecular flexibility index (Phi) is 7.28. The molecule has 10 heavy (non-hydrogen) atoms. The predicted molar refractivity (Wildman–Crippen MR) is 48.5 cm³/mol. The average Bonchev–Trinajstić information content (AvgIpc) is 1.89. The van der Waals surface area contributed by atoms with E-state index in [1.165, 1.54) is 0 Å². The van der Waals surface area contributed by atoms with E-state index in [4.69, 9.17) is 4.52 Å². The van der Waals surface area contributed by atoms with E-state index >= 15 is 0 Å². The topological polar surface area (TPSA) is 26.3 Å². The van der Waals surface area contributed by atoms with Gasteiger partial charge in [-0.3, -0.25) is 0 Å². The first-order valence-electron chi connectivity index (χ1n) is 2.93. The van der Waals surface area contributed by atoms with E-state index in [9.17, 15) is 4.57 Å². The van der Waals surface area contributed by atoms with Crippen molar-refractivity contribution in [2.75, 3.05) is 12.8 Å². The normalized spacial score (nSPS) is 13.6. The number of allylic oxidation sites excluding steroid dienone is 1. The first-order valence-corrected chi connectivity index (χ1v) is 6.46. The molecule has 0 spiro atoms. The first-order chi connectivity index (χ1) is 4.81. The SMILES string of the molecule is C=CCOP[PH](=O)CC=C. The molecule has 0 aliphatic heterocycles. The van der Waals surface area contributed by atoms with Gasteiger partial charge in [-0.1, -0.05) is 12.2 Å². The molecule has 0 N–H and O–H groups in total. The molecule has 0 aliphatic rings. The molecule has 0 aromatic heterocycles. The van der Waals surface area contributed by atoms with Crippen molar-refractivity contribution < 1.29 is 9.09 Å². The molecule has 0 heterocycles. The third-order valence-electron chi connectivity index (χ3n) is 0.717. The van der Waals surface area contributed by atoms with Gasteiger partial charge in [-0.05, 0) is 0 Å². The summed E-state index contributed by atoms with van der Waals surface area (Å²) in [5.41, 5.74) is 0. The second kappa shape index (κ2) is 7.21. The lowest BCUT2D eigenvalue weighted by Gasteiger charge is -1.97. The van der Waals surface area contributed by atoms with Crippen molar-refractivity contribution >= 4 is 16.0 Å². The van der Waals surface area contributed by atoms with E-state index in [-0.39, 0.29) is 8.50 Å². The molecule has 0 radical (unpaired) electrons. The van der Waals surface area contributed by atoms with Crippen LogP contribution in [-0.2, 0) is 9.09 Å². The Labute approximate surface area is 63.9 Å². The summed E-state index contributed by atoms with van der Waals surface area (Å²) in [4.78, 5) is 0. The van der Waals surface area contributed by atoms with Gasteiger partial charge in [0.1, 0.15) is 7.49 Å². The maximum atomic E-state index is 10.9. The predicted octanol–water partition coefficient (Wildman–Crippen LogP) is 2.44. The summed E-state index contributed by atoms with van der Waals surface area (Å²) in [6.45, 7) is 7.45. The summed E-state index contributed by atoms with van der Waals surface area (Å²) < 4.78 is 15.9. The molecule has 2 nitrogen and oxygen atoms in total. The summed E-state index contributed by atoms with van der Waals surface area (Å²) in [5.74, 6) is 0. The molecule has 0 saturated carbocycles. The minimum Gasteiger partial charge on any atom is -0.351 e. The Hall–Kier alpha value is 0.100. The molecule has 2 unspecified atom stereocenters. The summed E-state index contributed by atoms with van der Waals surface area (Å²) in [7, 11) is -1.40. The van der Waals surface area contributed by atoms with Crippen LogP contribution in [-0.4, -0.2) is 12.8 Å².